The summed E-state index contributed by atoms with van der Waals surface area (Å²) in [6, 6.07) is 12.9. The molecule has 6 rings (SSSR count). The average Bonchev–Trinajstić information content (AvgIpc) is 3.62. The highest BCUT2D eigenvalue weighted by Gasteiger charge is 2.48. The normalized spacial score (nSPS) is 24.9. The molecule has 0 aliphatic carbocycles. The van der Waals surface area contributed by atoms with Crippen molar-refractivity contribution in [3.8, 4) is 5.69 Å². The number of piperazine rings is 1. The minimum Gasteiger partial charge on any atom is -0.355 e. The lowest BCUT2D eigenvalue weighted by atomic mass is 10.2. The Morgan fingerprint density at radius 3 is 2.64 bits per heavy atom. The summed E-state index contributed by atoms with van der Waals surface area (Å²) in [5.74, 6) is 3.35. The number of aryl methyl sites for hydroxylation is 1. The van der Waals surface area contributed by atoms with Gasteiger partial charge in [-0.2, -0.15) is 4.59 Å². The highest BCUT2D eigenvalue weighted by atomic mass is 32.2. The summed E-state index contributed by atoms with van der Waals surface area (Å²) in [5, 5.41) is 2.53. The molecule has 4 aliphatic rings. The molecule has 1 amide bonds. The number of thioether (sulfide) groups is 1. The second-order valence-corrected chi connectivity index (χ2v) is 10.3. The largest absolute Gasteiger partial charge is 0.355 e. The van der Waals surface area contributed by atoms with Crippen LogP contribution in [-0.2, 0) is 4.79 Å². The summed E-state index contributed by atoms with van der Waals surface area (Å²) in [6.45, 7) is 7.60. The van der Waals surface area contributed by atoms with Gasteiger partial charge in [0.2, 0.25) is 0 Å². The predicted molar refractivity (Wildman–Crippen MR) is 134 cm³/mol. The van der Waals surface area contributed by atoms with Gasteiger partial charge in [0.25, 0.3) is 5.91 Å². The maximum absolute atomic E-state index is 13.1. The van der Waals surface area contributed by atoms with E-state index in [1.165, 1.54) is 22.8 Å². The molecule has 1 atom stereocenters. The number of fused-ring (bicyclic) bond motifs is 1. The average molecular weight is 461 g/mol. The number of quaternary nitrogens is 1. The molecule has 33 heavy (non-hydrogen) atoms. The van der Waals surface area contributed by atoms with E-state index in [0.717, 1.165) is 56.5 Å². The van der Waals surface area contributed by atoms with Crippen molar-refractivity contribution < 1.29 is 9.39 Å². The number of hydrogen-bond acceptors (Lipinski definition) is 4. The van der Waals surface area contributed by atoms with Crippen LogP contribution in [0.2, 0.25) is 0 Å². The van der Waals surface area contributed by atoms with Gasteiger partial charge in [-0.1, -0.05) is 18.2 Å². The molecule has 4 aliphatic heterocycles. The molecule has 0 saturated carbocycles. The van der Waals surface area contributed by atoms with Gasteiger partial charge >= 0.3 is 0 Å². The number of hydrogen-bond donors (Lipinski definition) is 0. The van der Waals surface area contributed by atoms with Gasteiger partial charge in [0, 0.05) is 49.4 Å². The smallest absolute Gasteiger partial charge is 0.256 e. The Balaban J connectivity index is 1.18. The molecule has 0 radical (unpaired) electrons. The number of carbonyl (C=O) groups excluding carboxylic acids is 1. The number of rotatable bonds is 4. The molecule has 1 aromatic carbocycles. The zero-order valence-electron chi connectivity index (χ0n) is 19.1. The minimum atomic E-state index is 0.219. The quantitative estimate of drug-likeness (QED) is 0.654. The van der Waals surface area contributed by atoms with Crippen molar-refractivity contribution in [2.24, 2.45) is 0 Å². The number of aromatic nitrogens is 1. The molecule has 0 spiro atoms. The Labute approximate surface area is 199 Å². The lowest BCUT2D eigenvalue weighted by Crippen LogP contribution is -2.60. The Morgan fingerprint density at radius 2 is 1.88 bits per heavy atom. The molecule has 6 nitrogen and oxygen atoms in total. The van der Waals surface area contributed by atoms with Crippen LogP contribution in [0.5, 0.6) is 0 Å². The van der Waals surface area contributed by atoms with E-state index in [-0.39, 0.29) is 5.91 Å². The summed E-state index contributed by atoms with van der Waals surface area (Å²) in [7, 11) is 0. The molecular weight excluding hydrogens is 430 g/mol. The Hall–Kier alpha value is -2.74. The van der Waals surface area contributed by atoms with Crippen LogP contribution >= 0.6 is 11.8 Å². The summed E-state index contributed by atoms with van der Waals surface area (Å²) in [5.41, 5.74) is 4.65. The minimum absolute atomic E-state index is 0.219. The maximum Gasteiger partial charge on any atom is 0.256 e. The van der Waals surface area contributed by atoms with E-state index in [1.807, 2.05) is 16.7 Å². The summed E-state index contributed by atoms with van der Waals surface area (Å²) < 4.78 is 2.98. The molecule has 2 aromatic rings. The van der Waals surface area contributed by atoms with Crippen molar-refractivity contribution in [2.45, 2.75) is 6.92 Å². The van der Waals surface area contributed by atoms with Crippen molar-refractivity contribution in [3.63, 3.8) is 0 Å². The monoisotopic (exact) mass is 460 g/mol. The molecule has 7 heteroatoms. The van der Waals surface area contributed by atoms with Crippen LogP contribution in [0.25, 0.3) is 5.69 Å². The van der Waals surface area contributed by atoms with E-state index >= 15 is 0 Å². The fourth-order valence-electron chi connectivity index (χ4n) is 5.45. The van der Waals surface area contributed by atoms with Gasteiger partial charge in [-0.25, -0.2) is 0 Å². The lowest BCUT2D eigenvalue weighted by Gasteiger charge is -2.44. The fourth-order valence-corrected chi connectivity index (χ4v) is 6.40. The summed E-state index contributed by atoms with van der Waals surface area (Å²) >= 11 is 1.84. The zero-order valence-corrected chi connectivity index (χ0v) is 19.9. The standard InChI is InChI=1S/C26H30N5OS/c1-21-16-25(30(18-21)23-6-3-2-4-7-23)27-9-11-29(12-10-27)31-14-5-8-24(31)17-22(19-31)26(32)28-13-15-33-20-28/h2-8,14,16-18H,9-13,15,19-20H2,1H3/q+1/t31-/m1/s1. The molecule has 2 saturated heterocycles. The SMILES string of the molecule is Cc1cc(N2CCN([N@@+]34C=CC=C3C=C(C(=O)N3CCSC3)C4)CC2)n(-c2ccccc2)c1. The summed E-state index contributed by atoms with van der Waals surface area (Å²) in [6.07, 6.45) is 10.9. The molecular formula is C26H30N5OS+. The van der Waals surface area contributed by atoms with Crippen molar-refractivity contribution in [3.05, 3.63) is 83.9 Å². The summed E-state index contributed by atoms with van der Waals surface area (Å²) in [4.78, 5) is 17.6. The van der Waals surface area contributed by atoms with Gasteiger partial charge in [0.05, 0.1) is 24.5 Å². The number of amides is 1. The van der Waals surface area contributed by atoms with Crippen molar-refractivity contribution >= 4 is 23.5 Å². The van der Waals surface area contributed by atoms with Crippen LogP contribution in [0, 0.1) is 6.92 Å². The first-order valence-electron chi connectivity index (χ1n) is 11.7. The number of para-hydroxylation sites is 1. The third kappa shape index (κ3) is 3.55. The molecule has 0 N–H and O–H groups in total. The molecule has 0 bridgehead atoms. The topological polar surface area (TPSA) is 31.7 Å². The van der Waals surface area contributed by atoms with Gasteiger partial charge in [-0.3, -0.25) is 4.79 Å². The number of allylic oxidation sites excluding steroid dienone is 3. The fraction of sp³-hybridized carbons (Fsp3) is 0.346. The van der Waals surface area contributed by atoms with Crippen LogP contribution in [0.4, 0.5) is 5.82 Å². The Kier molecular flexibility index (Phi) is 5.20. The number of carbonyl (C=O) groups is 1. The Bertz CT molecular complexity index is 1150. The molecule has 1 aromatic heterocycles. The molecule has 0 unspecified atom stereocenters. The lowest BCUT2D eigenvalue weighted by molar-refractivity contribution is -0.948. The third-order valence-electron chi connectivity index (χ3n) is 7.15. The van der Waals surface area contributed by atoms with E-state index in [0.29, 0.717) is 4.59 Å². The van der Waals surface area contributed by atoms with E-state index < -0.39 is 0 Å². The van der Waals surface area contributed by atoms with E-state index in [4.69, 9.17) is 0 Å². The van der Waals surface area contributed by atoms with Crippen LogP contribution in [0.3, 0.4) is 0 Å². The van der Waals surface area contributed by atoms with Crippen LogP contribution in [0.15, 0.2) is 78.3 Å². The van der Waals surface area contributed by atoms with E-state index in [9.17, 15) is 4.79 Å². The first-order valence-corrected chi connectivity index (χ1v) is 12.9. The van der Waals surface area contributed by atoms with E-state index in [1.54, 1.807) is 0 Å². The highest BCUT2D eigenvalue weighted by molar-refractivity contribution is 7.99. The molecule has 2 fully saturated rings. The molecule has 5 heterocycles. The van der Waals surface area contributed by atoms with Crippen LogP contribution in [0.1, 0.15) is 5.56 Å². The third-order valence-corrected chi connectivity index (χ3v) is 8.12. The second kappa shape index (κ2) is 8.24. The van der Waals surface area contributed by atoms with Gasteiger partial charge < -0.3 is 14.4 Å². The molecule has 170 valence electrons. The van der Waals surface area contributed by atoms with Crippen LogP contribution in [-0.4, -0.2) is 75.9 Å². The van der Waals surface area contributed by atoms with Crippen LogP contribution < -0.4 is 4.90 Å². The first-order chi connectivity index (χ1) is 16.1. The maximum atomic E-state index is 13.1. The van der Waals surface area contributed by atoms with Gasteiger partial charge in [-0.15, -0.1) is 16.8 Å². The second-order valence-electron chi connectivity index (χ2n) is 9.22. The van der Waals surface area contributed by atoms with Crippen molar-refractivity contribution in [1.29, 1.82) is 0 Å². The van der Waals surface area contributed by atoms with Crippen molar-refractivity contribution in [1.82, 2.24) is 14.5 Å². The number of nitrogens with zero attached hydrogens (tertiary/aromatic N) is 5. The van der Waals surface area contributed by atoms with Gasteiger partial charge in [-0.05, 0) is 36.8 Å². The first kappa shape index (κ1) is 20.8. The van der Waals surface area contributed by atoms with Gasteiger partial charge in [0.1, 0.15) is 18.6 Å². The predicted octanol–water partition coefficient (Wildman–Crippen LogP) is 3.52. The highest BCUT2D eigenvalue weighted by Crippen LogP contribution is 2.38. The van der Waals surface area contributed by atoms with Crippen molar-refractivity contribution in [2.75, 3.05) is 55.8 Å². The zero-order chi connectivity index (χ0) is 22.4. The van der Waals surface area contributed by atoms with E-state index in [2.05, 4.69) is 88.4 Å². The van der Waals surface area contributed by atoms with Gasteiger partial charge in [0.15, 0.2) is 5.70 Å². The number of anilines is 1. The Morgan fingerprint density at radius 1 is 1.06 bits per heavy atom. The number of benzene rings is 1.